The Morgan fingerprint density at radius 2 is 1.75 bits per heavy atom. The average Bonchev–Trinajstić information content (AvgIpc) is 3.24. The summed E-state index contributed by atoms with van der Waals surface area (Å²) in [6, 6.07) is 6.72. The molecule has 3 fully saturated rings. The second-order valence-electron chi connectivity index (χ2n) is 14.7. The molecule has 0 saturated heterocycles. The summed E-state index contributed by atoms with van der Waals surface area (Å²) in [4.78, 5) is 2.57. The van der Waals surface area contributed by atoms with Crippen LogP contribution in [0.3, 0.4) is 0 Å². The number of benzene rings is 1. The highest BCUT2D eigenvalue weighted by atomic mass is 32.2. The summed E-state index contributed by atoms with van der Waals surface area (Å²) in [5.41, 5.74) is 3.20. The smallest absolute Gasteiger partial charge is 0.276 e. The van der Waals surface area contributed by atoms with Gasteiger partial charge in [-0.15, -0.1) is 0 Å². The first-order valence-electron chi connectivity index (χ1n) is 15.9. The topological polar surface area (TPSA) is 78.8 Å². The zero-order valence-corrected chi connectivity index (χ0v) is 26.4. The van der Waals surface area contributed by atoms with Crippen LogP contribution in [0.4, 0.5) is 0 Å². The molecule has 4 aliphatic rings. The minimum atomic E-state index is -3.78. The van der Waals surface area contributed by atoms with Gasteiger partial charge in [0.25, 0.3) is 10.0 Å². The van der Waals surface area contributed by atoms with Gasteiger partial charge in [-0.25, -0.2) is 0 Å². The molecule has 222 valence electrons. The zero-order chi connectivity index (χ0) is 28.9. The van der Waals surface area contributed by atoms with E-state index in [1.54, 1.807) is 24.3 Å². The number of fused-ring (bicyclic) bond motifs is 5. The standard InChI is InChI=1S/C34H52N2O3S/c1-22(2)8-7-9-24(4)28-16-17-29-27-15-12-25-20-31(35-36-40(38,39)26-13-10-23(3)11-14-26)32(37)21-34(25,6)30(27)18-19-33(28,29)5/h10-11,13-14,20,22,24,27-30,32,36-37H,7-9,12,15-19,21H2,1-6H3/b35-31-/t24-,27+,28-,29+,30+,32?,33-,34+/m1/s1. The van der Waals surface area contributed by atoms with Gasteiger partial charge in [0.1, 0.15) is 0 Å². The average molecular weight is 569 g/mol. The summed E-state index contributed by atoms with van der Waals surface area (Å²) in [6.45, 7) is 14.1. The molecule has 0 bridgehead atoms. The molecule has 40 heavy (non-hydrogen) atoms. The number of hydrazone groups is 1. The number of nitrogens with zero attached hydrogens (tertiary/aromatic N) is 1. The number of sulfonamides is 1. The summed E-state index contributed by atoms with van der Waals surface area (Å²) in [7, 11) is -3.78. The lowest BCUT2D eigenvalue weighted by Crippen LogP contribution is -2.52. The molecule has 5 rings (SSSR count). The number of aliphatic hydroxyl groups is 1. The quantitative estimate of drug-likeness (QED) is 0.316. The third-order valence-electron chi connectivity index (χ3n) is 11.8. The van der Waals surface area contributed by atoms with Gasteiger partial charge in [-0.2, -0.15) is 18.4 Å². The van der Waals surface area contributed by atoms with Crippen LogP contribution in [-0.2, 0) is 10.0 Å². The number of hydrogen-bond acceptors (Lipinski definition) is 4. The van der Waals surface area contributed by atoms with Crippen molar-refractivity contribution in [1.29, 1.82) is 0 Å². The summed E-state index contributed by atoms with van der Waals surface area (Å²) in [5, 5.41) is 15.5. The molecule has 0 heterocycles. The lowest BCUT2D eigenvalue weighted by molar-refractivity contribution is -0.0640. The lowest BCUT2D eigenvalue weighted by Gasteiger charge is -2.59. The number of hydrogen-bond donors (Lipinski definition) is 2. The van der Waals surface area contributed by atoms with Crippen molar-refractivity contribution in [3.05, 3.63) is 41.5 Å². The van der Waals surface area contributed by atoms with E-state index < -0.39 is 16.1 Å². The van der Waals surface area contributed by atoms with Crippen LogP contribution in [0.5, 0.6) is 0 Å². The van der Waals surface area contributed by atoms with Crippen LogP contribution in [0.2, 0.25) is 0 Å². The Balaban J connectivity index is 1.31. The molecule has 6 heteroatoms. The van der Waals surface area contributed by atoms with Crippen molar-refractivity contribution in [2.24, 2.45) is 51.4 Å². The van der Waals surface area contributed by atoms with Crippen molar-refractivity contribution in [2.45, 2.75) is 117 Å². The van der Waals surface area contributed by atoms with Crippen LogP contribution in [0.25, 0.3) is 0 Å². The Hall–Kier alpha value is -1.66. The molecule has 4 aliphatic carbocycles. The Morgan fingerprint density at radius 3 is 2.45 bits per heavy atom. The van der Waals surface area contributed by atoms with Crippen LogP contribution in [0, 0.1) is 53.3 Å². The molecule has 0 amide bonds. The highest BCUT2D eigenvalue weighted by Gasteiger charge is 2.59. The Kier molecular flexibility index (Phi) is 8.35. The maximum Gasteiger partial charge on any atom is 0.276 e. The van der Waals surface area contributed by atoms with Crippen LogP contribution < -0.4 is 4.83 Å². The third-order valence-corrected chi connectivity index (χ3v) is 13.1. The predicted molar refractivity (Wildman–Crippen MR) is 163 cm³/mol. The van der Waals surface area contributed by atoms with Crippen molar-refractivity contribution in [1.82, 2.24) is 4.83 Å². The van der Waals surface area contributed by atoms with Gasteiger partial charge in [0, 0.05) is 0 Å². The number of aryl methyl sites for hydroxylation is 1. The molecular weight excluding hydrogens is 516 g/mol. The molecule has 5 nitrogen and oxygen atoms in total. The second-order valence-corrected chi connectivity index (χ2v) is 16.4. The SMILES string of the molecule is Cc1ccc(S(=O)(=O)N/N=C2/C=C3CC[C@H]4[C@@H]5CC[C@H]([C@H](C)CCCC(C)C)[C@@]5(C)CC[C@@H]4[C@@]3(C)CC2O)cc1. The van der Waals surface area contributed by atoms with E-state index in [-0.39, 0.29) is 10.3 Å². The van der Waals surface area contributed by atoms with Crippen molar-refractivity contribution in [3.8, 4) is 0 Å². The minimum Gasteiger partial charge on any atom is -0.387 e. The van der Waals surface area contributed by atoms with Crippen molar-refractivity contribution >= 4 is 15.7 Å². The molecule has 0 aliphatic heterocycles. The van der Waals surface area contributed by atoms with Gasteiger partial charge < -0.3 is 5.11 Å². The molecule has 0 radical (unpaired) electrons. The molecule has 1 aromatic rings. The van der Waals surface area contributed by atoms with Crippen LogP contribution in [-0.4, -0.2) is 25.3 Å². The van der Waals surface area contributed by atoms with Gasteiger partial charge >= 0.3 is 0 Å². The molecule has 0 aromatic heterocycles. The third kappa shape index (κ3) is 5.44. The summed E-state index contributed by atoms with van der Waals surface area (Å²) < 4.78 is 25.6. The maximum absolute atomic E-state index is 12.8. The summed E-state index contributed by atoms with van der Waals surface area (Å²) in [5.74, 6) is 4.53. The molecule has 1 aromatic carbocycles. The molecule has 8 atom stereocenters. The fraction of sp³-hybridized carbons (Fsp3) is 0.735. The van der Waals surface area contributed by atoms with E-state index in [0.29, 0.717) is 23.5 Å². The number of rotatable bonds is 8. The minimum absolute atomic E-state index is 0.0422. The van der Waals surface area contributed by atoms with Crippen LogP contribution >= 0.6 is 0 Å². The number of aliphatic hydroxyl groups excluding tert-OH is 1. The van der Waals surface area contributed by atoms with Gasteiger partial charge in [0.05, 0.1) is 16.7 Å². The fourth-order valence-electron chi connectivity index (χ4n) is 9.64. The number of allylic oxidation sites excluding steroid dienone is 1. The van der Waals surface area contributed by atoms with E-state index in [9.17, 15) is 13.5 Å². The summed E-state index contributed by atoms with van der Waals surface area (Å²) >= 11 is 0. The first kappa shape index (κ1) is 29.8. The molecule has 0 spiro atoms. The molecule has 3 saturated carbocycles. The van der Waals surface area contributed by atoms with E-state index in [4.69, 9.17) is 0 Å². The first-order valence-corrected chi connectivity index (χ1v) is 17.4. The molecule has 2 N–H and O–H groups in total. The zero-order valence-electron chi connectivity index (χ0n) is 25.6. The molecule has 1 unspecified atom stereocenters. The highest BCUT2D eigenvalue weighted by molar-refractivity contribution is 7.89. The van der Waals surface area contributed by atoms with Gasteiger partial charge in [-0.3, -0.25) is 0 Å². The Morgan fingerprint density at radius 1 is 1.02 bits per heavy atom. The van der Waals surface area contributed by atoms with E-state index in [2.05, 4.69) is 44.6 Å². The Bertz CT molecular complexity index is 1240. The van der Waals surface area contributed by atoms with Crippen molar-refractivity contribution < 1.29 is 13.5 Å². The van der Waals surface area contributed by atoms with Gasteiger partial charge in [0.2, 0.25) is 0 Å². The van der Waals surface area contributed by atoms with E-state index in [1.165, 1.54) is 56.9 Å². The van der Waals surface area contributed by atoms with Gasteiger partial charge in [-0.05, 0) is 116 Å². The van der Waals surface area contributed by atoms with Crippen molar-refractivity contribution in [3.63, 3.8) is 0 Å². The molecular formula is C34H52N2O3S. The van der Waals surface area contributed by atoms with Crippen LogP contribution in [0.15, 0.2) is 45.9 Å². The van der Waals surface area contributed by atoms with Crippen molar-refractivity contribution in [2.75, 3.05) is 0 Å². The van der Waals surface area contributed by atoms with E-state index in [0.717, 1.165) is 41.6 Å². The predicted octanol–water partition coefficient (Wildman–Crippen LogP) is 7.64. The fourth-order valence-corrected chi connectivity index (χ4v) is 10.5. The lowest BCUT2D eigenvalue weighted by atomic mass is 9.46. The Labute approximate surface area is 243 Å². The van der Waals surface area contributed by atoms with Crippen LogP contribution in [0.1, 0.15) is 104 Å². The maximum atomic E-state index is 12.8. The summed E-state index contributed by atoms with van der Waals surface area (Å²) in [6.07, 6.45) is 13.5. The number of nitrogens with one attached hydrogen (secondary N) is 1. The monoisotopic (exact) mass is 568 g/mol. The van der Waals surface area contributed by atoms with E-state index >= 15 is 0 Å². The first-order chi connectivity index (χ1) is 18.8. The normalized spacial score (nSPS) is 37.5. The highest BCUT2D eigenvalue weighted by Crippen LogP contribution is 2.67. The largest absolute Gasteiger partial charge is 0.387 e. The van der Waals surface area contributed by atoms with Gasteiger partial charge in [0.15, 0.2) is 0 Å². The second kappa shape index (κ2) is 11.2. The van der Waals surface area contributed by atoms with Gasteiger partial charge in [-0.1, -0.05) is 77.2 Å². The van der Waals surface area contributed by atoms with E-state index in [1.807, 2.05) is 13.0 Å².